The van der Waals surface area contributed by atoms with Gasteiger partial charge >= 0.3 is 0 Å². The lowest BCUT2D eigenvalue weighted by molar-refractivity contribution is 0.593. The summed E-state index contributed by atoms with van der Waals surface area (Å²) in [5.41, 5.74) is 0. The van der Waals surface area contributed by atoms with Crippen molar-refractivity contribution in [3.05, 3.63) is 12.0 Å². The second-order valence-electron chi connectivity index (χ2n) is 0.830. The molecule has 0 aromatic carbocycles. The Morgan fingerprint density at radius 3 is 2.14 bits per heavy atom. The molecule has 0 aliphatic rings. The van der Waals surface area contributed by atoms with Gasteiger partial charge in [-0.05, 0) is 0 Å². The standard InChI is InChI=1S/C2H6N2O2S/c1-2-7(5,6)4-3/h2,4H,1,3H2. The molecule has 0 atom stereocenters. The summed E-state index contributed by atoms with van der Waals surface area (Å²) < 4.78 is 20.0. The highest BCUT2D eigenvalue weighted by Crippen LogP contribution is 1.75. The second-order valence-corrected chi connectivity index (χ2v) is 2.49. The predicted octanol–water partition coefficient (Wildman–Crippen LogP) is -1.08. The Bertz CT molecular complexity index is 147. The van der Waals surface area contributed by atoms with Crippen molar-refractivity contribution in [3.63, 3.8) is 0 Å². The van der Waals surface area contributed by atoms with E-state index in [1.807, 2.05) is 0 Å². The highest BCUT2D eigenvalue weighted by Gasteiger charge is 1.94. The van der Waals surface area contributed by atoms with E-state index in [1.54, 1.807) is 4.83 Å². The van der Waals surface area contributed by atoms with E-state index in [9.17, 15) is 8.42 Å². The molecule has 3 N–H and O–H groups in total. The summed E-state index contributed by atoms with van der Waals surface area (Å²) >= 11 is 0. The maximum Gasteiger partial charge on any atom is 0.245 e. The maximum absolute atomic E-state index is 10.0. The zero-order chi connectivity index (χ0) is 5.91. The van der Waals surface area contributed by atoms with Crippen molar-refractivity contribution in [1.82, 2.24) is 4.83 Å². The van der Waals surface area contributed by atoms with Crippen LogP contribution < -0.4 is 10.7 Å². The Morgan fingerprint density at radius 2 is 2.14 bits per heavy atom. The zero-order valence-corrected chi connectivity index (χ0v) is 4.40. The topological polar surface area (TPSA) is 72.2 Å². The molecule has 0 spiro atoms. The van der Waals surface area contributed by atoms with Crippen LogP contribution in [0.5, 0.6) is 0 Å². The molecule has 0 saturated heterocycles. The summed E-state index contributed by atoms with van der Waals surface area (Å²) in [6, 6.07) is 0. The first kappa shape index (κ1) is 6.61. The minimum Gasteiger partial charge on any atom is -0.257 e. The molecule has 4 nitrogen and oxygen atoms in total. The van der Waals surface area contributed by atoms with Crippen LogP contribution in [-0.2, 0) is 10.0 Å². The lowest BCUT2D eigenvalue weighted by Gasteiger charge is -1.87. The molecule has 0 saturated carbocycles. The molecule has 0 radical (unpaired) electrons. The minimum absolute atomic E-state index is 0.729. The summed E-state index contributed by atoms with van der Waals surface area (Å²) in [6.45, 7) is 2.97. The third kappa shape index (κ3) is 2.32. The summed E-state index contributed by atoms with van der Waals surface area (Å²) in [4.78, 5) is 1.55. The van der Waals surface area contributed by atoms with Crippen LogP contribution in [0.1, 0.15) is 0 Å². The summed E-state index contributed by atoms with van der Waals surface area (Å²) in [7, 11) is -3.37. The van der Waals surface area contributed by atoms with Crippen molar-refractivity contribution >= 4 is 10.0 Å². The minimum atomic E-state index is -3.37. The van der Waals surface area contributed by atoms with Crippen molar-refractivity contribution in [2.75, 3.05) is 0 Å². The number of rotatable bonds is 2. The second kappa shape index (κ2) is 2.06. The first-order chi connectivity index (χ1) is 3.12. The van der Waals surface area contributed by atoms with Gasteiger partial charge in [0, 0.05) is 5.41 Å². The molecule has 0 aromatic rings. The van der Waals surface area contributed by atoms with Crippen LogP contribution in [0.3, 0.4) is 0 Å². The largest absolute Gasteiger partial charge is 0.257 e. The average molecular weight is 122 g/mol. The Hall–Kier alpha value is -0.390. The zero-order valence-electron chi connectivity index (χ0n) is 3.59. The molecule has 0 fully saturated rings. The van der Waals surface area contributed by atoms with Crippen LogP contribution in [0.2, 0.25) is 0 Å². The molecule has 0 amide bonds. The number of nitrogens with one attached hydrogen (secondary N) is 1. The lowest BCUT2D eigenvalue weighted by atomic mass is 11.3. The van der Waals surface area contributed by atoms with Crippen molar-refractivity contribution < 1.29 is 8.42 Å². The summed E-state index contributed by atoms with van der Waals surface area (Å²) in [5.74, 6) is 4.51. The molecule has 0 aliphatic carbocycles. The van der Waals surface area contributed by atoms with Crippen LogP contribution in [0.15, 0.2) is 12.0 Å². The van der Waals surface area contributed by atoms with E-state index in [2.05, 4.69) is 12.4 Å². The van der Waals surface area contributed by atoms with Gasteiger partial charge in [0.1, 0.15) is 0 Å². The van der Waals surface area contributed by atoms with Gasteiger partial charge in [-0.15, -0.1) is 0 Å². The van der Waals surface area contributed by atoms with E-state index in [0.29, 0.717) is 0 Å². The fourth-order valence-corrected chi connectivity index (χ4v) is 0.144. The van der Waals surface area contributed by atoms with E-state index < -0.39 is 10.0 Å². The summed E-state index contributed by atoms with van der Waals surface area (Å²) in [6.07, 6.45) is 0. The predicted molar refractivity (Wildman–Crippen MR) is 26.4 cm³/mol. The van der Waals surface area contributed by atoms with Gasteiger partial charge in [0.25, 0.3) is 0 Å². The monoisotopic (exact) mass is 122 g/mol. The van der Waals surface area contributed by atoms with Crippen LogP contribution >= 0.6 is 0 Å². The van der Waals surface area contributed by atoms with E-state index in [4.69, 9.17) is 0 Å². The molecule has 5 heteroatoms. The number of nitrogens with two attached hydrogens (primary N) is 1. The van der Waals surface area contributed by atoms with Gasteiger partial charge in [0.05, 0.1) is 0 Å². The Labute approximate surface area is 42.0 Å². The smallest absolute Gasteiger partial charge is 0.245 e. The first-order valence-corrected chi connectivity index (χ1v) is 3.02. The summed E-state index contributed by atoms with van der Waals surface area (Å²) in [5, 5.41) is 0.729. The maximum atomic E-state index is 10.0. The van der Waals surface area contributed by atoms with Crippen LogP contribution in [0, 0.1) is 0 Å². The number of hydrazine groups is 1. The molecular weight excluding hydrogens is 116 g/mol. The Morgan fingerprint density at radius 1 is 1.71 bits per heavy atom. The van der Waals surface area contributed by atoms with Crippen molar-refractivity contribution in [2.45, 2.75) is 0 Å². The third-order valence-corrected chi connectivity index (χ3v) is 1.15. The van der Waals surface area contributed by atoms with E-state index in [1.165, 1.54) is 0 Å². The normalized spacial score (nSPS) is 11.0. The van der Waals surface area contributed by atoms with Gasteiger partial charge in [-0.3, -0.25) is 5.84 Å². The van der Waals surface area contributed by atoms with E-state index in [0.717, 1.165) is 5.41 Å². The van der Waals surface area contributed by atoms with Crippen LogP contribution in [-0.4, -0.2) is 8.42 Å². The average Bonchev–Trinajstić information content (AvgIpc) is 1.68. The number of hydrogen-bond acceptors (Lipinski definition) is 3. The van der Waals surface area contributed by atoms with E-state index in [-0.39, 0.29) is 0 Å². The molecule has 0 aliphatic heterocycles. The van der Waals surface area contributed by atoms with Gasteiger partial charge < -0.3 is 0 Å². The molecule has 0 aromatic heterocycles. The van der Waals surface area contributed by atoms with E-state index >= 15 is 0 Å². The van der Waals surface area contributed by atoms with Crippen molar-refractivity contribution in [3.8, 4) is 0 Å². The fourth-order valence-electron chi connectivity index (χ4n) is 0.0481. The third-order valence-electron chi connectivity index (χ3n) is 0.384. The van der Waals surface area contributed by atoms with Gasteiger partial charge in [0.15, 0.2) is 0 Å². The Kier molecular flexibility index (Phi) is 1.94. The SMILES string of the molecule is C=CS(=O)(=O)NN. The van der Waals surface area contributed by atoms with Crippen molar-refractivity contribution in [1.29, 1.82) is 0 Å². The lowest BCUT2D eigenvalue weighted by Crippen LogP contribution is -2.27. The van der Waals surface area contributed by atoms with Crippen LogP contribution in [0.25, 0.3) is 0 Å². The van der Waals surface area contributed by atoms with Gasteiger partial charge in [-0.1, -0.05) is 6.58 Å². The molecule has 0 unspecified atom stereocenters. The quantitative estimate of drug-likeness (QED) is 0.361. The highest BCUT2D eigenvalue weighted by molar-refractivity contribution is 7.92. The Balaban J connectivity index is 4.17. The molecular formula is C2H6N2O2S. The number of sulfonamides is 1. The molecule has 0 rings (SSSR count). The molecule has 0 heterocycles. The highest BCUT2D eigenvalue weighted by atomic mass is 32.2. The first-order valence-electron chi connectivity index (χ1n) is 1.47. The van der Waals surface area contributed by atoms with Gasteiger partial charge in [-0.25, -0.2) is 8.42 Å². The molecule has 7 heavy (non-hydrogen) atoms. The number of hydrogen-bond donors (Lipinski definition) is 2. The molecule has 42 valence electrons. The van der Waals surface area contributed by atoms with Gasteiger partial charge in [-0.2, -0.15) is 4.83 Å². The van der Waals surface area contributed by atoms with Gasteiger partial charge in [0.2, 0.25) is 10.0 Å². The van der Waals surface area contributed by atoms with Crippen LogP contribution in [0.4, 0.5) is 0 Å². The molecule has 0 bridgehead atoms. The van der Waals surface area contributed by atoms with Crippen molar-refractivity contribution in [2.24, 2.45) is 5.84 Å². The fraction of sp³-hybridized carbons (Fsp3) is 0.